The van der Waals surface area contributed by atoms with Crippen molar-refractivity contribution in [2.45, 2.75) is 0 Å². The topological polar surface area (TPSA) is 69.7 Å². The summed E-state index contributed by atoms with van der Waals surface area (Å²) in [6.07, 6.45) is 0. The summed E-state index contributed by atoms with van der Waals surface area (Å²) in [5.74, 6) is 1.78. The molecule has 4 rings (SSSR count). The minimum absolute atomic E-state index is 0.164. The van der Waals surface area contributed by atoms with Crippen LogP contribution in [-0.2, 0) is 0 Å². The van der Waals surface area contributed by atoms with Gasteiger partial charge in [0.25, 0.3) is 10.5 Å². The van der Waals surface area contributed by atoms with Gasteiger partial charge in [0.2, 0.25) is 0 Å². The van der Waals surface area contributed by atoms with Crippen molar-refractivity contribution in [3.8, 4) is 23.0 Å². The smallest absolute Gasteiger partial charge is 0.252 e. The summed E-state index contributed by atoms with van der Waals surface area (Å²) >= 11 is 11.0. The fourth-order valence-corrected chi connectivity index (χ4v) is 3.39. The second-order valence-electron chi connectivity index (χ2n) is 7.19. The molecular formula is C27H16Cl2O5. The minimum atomic E-state index is -0.568. The average Bonchev–Trinajstić information content (AvgIpc) is 2.85. The van der Waals surface area contributed by atoms with Gasteiger partial charge in [-0.3, -0.25) is 14.4 Å². The van der Waals surface area contributed by atoms with Crippen LogP contribution in [0.2, 0.25) is 0 Å². The van der Waals surface area contributed by atoms with E-state index in [-0.39, 0.29) is 5.78 Å². The molecule has 0 N–H and O–H groups in total. The maximum Gasteiger partial charge on any atom is 0.252 e. The van der Waals surface area contributed by atoms with Crippen molar-refractivity contribution in [1.82, 2.24) is 0 Å². The van der Waals surface area contributed by atoms with Crippen LogP contribution in [0.25, 0.3) is 0 Å². The van der Waals surface area contributed by atoms with Crippen molar-refractivity contribution in [2.24, 2.45) is 0 Å². The molecular weight excluding hydrogens is 475 g/mol. The molecule has 0 aliphatic heterocycles. The Balaban J connectivity index is 1.43. The van der Waals surface area contributed by atoms with E-state index in [1.54, 1.807) is 97.1 Å². The maximum absolute atomic E-state index is 12.8. The van der Waals surface area contributed by atoms with E-state index in [0.29, 0.717) is 45.3 Å². The Hall–Kier alpha value is -3.93. The molecule has 0 heterocycles. The lowest BCUT2D eigenvalue weighted by Crippen LogP contribution is -2.01. The third kappa shape index (κ3) is 5.70. The minimum Gasteiger partial charge on any atom is -0.457 e. The summed E-state index contributed by atoms with van der Waals surface area (Å²) in [6.45, 7) is 0. The van der Waals surface area contributed by atoms with Crippen molar-refractivity contribution in [2.75, 3.05) is 0 Å². The van der Waals surface area contributed by atoms with E-state index in [2.05, 4.69) is 0 Å². The standard InChI is InChI=1S/C27H16Cl2O5/c28-26(31)19-3-1-5-23(15-19)33-21-11-7-17(8-12-21)25(30)18-9-13-22(14-10-18)34-24-6-2-4-20(16-24)27(29)32/h1-16H. The Bertz CT molecular complexity index is 1260. The first kappa shape index (κ1) is 23.2. The number of hydrogen-bond donors (Lipinski definition) is 0. The molecule has 0 unspecified atom stereocenters. The van der Waals surface area contributed by atoms with Crippen LogP contribution in [0, 0.1) is 0 Å². The molecule has 0 bridgehead atoms. The Kier molecular flexibility index (Phi) is 7.07. The molecule has 5 nitrogen and oxygen atoms in total. The first-order valence-electron chi connectivity index (χ1n) is 10.1. The van der Waals surface area contributed by atoms with Gasteiger partial charge < -0.3 is 9.47 Å². The first-order chi connectivity index (χ1) is 16.4. The van der Waals surface area contributed by atoms with Gasteiger partial charge in [0, 0.05) is 22.3 Å². The van der Waals surface area contributed by atoms with Crippen molar-refractivity contribution in [3.63, 3.8) is 0 Å². The highest BCUT2D eigenvalue weighted by atomic mass is 35.5. The van der Waals surface area contributed by atoms with Crippen LogP contribution < -0.4 is 9.47 Å². The van der Waals surface area contributed by atoms with Crippen molar-refractivity contribution in [3.05, 3.63) is 119 Å². The number of halogens is 2. The van der Waals surface area contributed by atoms with Gasteiger partial charge in [-0.1, -0.05) is 12.1 Å². The Morgan fingerprint density at radius 2 is 0.853 bits per heavy atom. The quantitative estimate of drug-likeness (QED) is 0.192. The summed E-state index contributed by atoms with van der Waals surface area (Å²) in [4.78, 5) is 35.4. The highest BCUT2D eigenvalue weighted by molar-refractivity contribution is 6.68. The molecule has 0 aliphatic rings. The molecule has 7 heteroatoms. The molecule has 0 radical (unpaired) electrons. The third-order valence-electron chi connectivity index (χ3n) is 4.83. The van der Waals surface area contributed by atoms with Crippen LogP contribution in [-0.4, -0.2) is 16.3 Å². The Morgan fingerprint density at radius 1 is 0.471 bits per heavy atom. The van der Waals surface area contributed by atoms with E-state index >= 15 is 0 Å². The lowest BCUT2D eigenvalue weighted by atomic mass is 10.0. The largest absolute Gasteiger partial charge is 0.457 e. The van der Waals surface area contributed by atoms with Crippen molar-refractivity contribution in [1.29, 1.82) is 0 Å². The predicted molar refractivity (Wildman–Crippen MR) is 130 cm³/mol. The highest BCUT2D eigenvalue weighted by Gasteiger charge is 2.11. The monoisotopic (exact) mass is 490 g/mol. The van der Waals surface area contributed by atoms with Gasteiger partial charge in [-0.25, -0.2) is 0 Å². The molecule has 4 aromatic rings. The van der Waals surface area contributed by atoms with E-state index in [4.69, 9.17) is 32.7 Å². The molecule has 0 spiro atoms. The Labute approximate surface area is 205 Å². The van der Waals surface area contributed by atoms with Crippen molar-refractivity contribution < 1.29 is 23.9 Å². The van der Waals surface area contributed by atoms with Crippen LogP contribution in [0.5, 0.6) is 23.0 Å². The number of ether oxygens (including phenoxy) is 2. The fraction of sp³-hybridized carbons (Fsp3) is 0. The summed E-state index contributed by atoms with van der Waals surface area (Å²) in [7, 11) is 0. The zero-order valence-electron chi connectivity index (χ0n) is 17.5. The van der Waals surface area contributed by atoms with Gasteiger partial charge in [-0.05, 0) is 108 Å². The van der Waals surface area contributed by atoms with E-state index in [1.807, 2.05) is 0 Å². The summed E-state index contributed by atoms with van der Waals surface area (Å²) < 4.78 is 11.5. The normalized spacial score (nSPS) is 10.4. The van der Waals surface area contributed by atoms with Gasteiger partial charge in [0.1, 0.15) is 23.0 Å². The predicted octanol–water partition coefficient (Wildman–Crippen LogP) is 7.26. The summed E-state index contributed by atoms with van der Waals surface area (Å²) in [5, 5.41) is -1.14. The lowest BCUT2D eigenvalue weighted by Gasteiger charge is -2.09. The molecule has 168 valence electrons. The number of carbonyl (C=O) groups excluding carboxylic acids is 3. The maximum atomic E-state index is 12.8. The average molecular weight is 491 g/mol. The van der Waals surface area contributed by atoms with Crippen molar-refractivity contribution >= 4 is 39.5 Å². The SMILES string of the molecule is O=C(Cl)c1cccc(Oc2ccc(C(=O)c3ccc(Oc4cccc(C(=O)Cl)c4)cc3)cc2)c1. The molecule has 4 aromatic carbocycles. The molecule has 0 fully saturated rings. The van der Waals surface area contributed by atoms with E-state index in [1.165, 1.54) is 0 Å². The lowest BCUT2D eigenvalue weighted by molar-refractivity contribution is 0.103. The summed E-state index contributed by atoms with van der Waals surface area (Å²) in [5.41, 5.74) is 1.63. The second kappa shape index (κ2) is 10.3. The molecule has 0 aromatic heterocycles. The van der Waals surface area contributed by atoms with Crippen LogP contribution in [0.1, 0.15) is 36.6 Å². The first-order valence-corrected chi connectivity index (χ1v) is 10.8. The van der Waals surface area contributed by atoms with Crippen LogP contribution in [0.4, 0.5) is 0 Å². The van der Waals surface area contributed by atoms with Crippen LogP contribution in [0.15, 0.2) is 97.1 Å². The number of rotatable bonds is 8. The molecule has 0 atom stereocenters. The van der Waals surface area contributed by atoms with Gasteiger partial charge in [-0.15, -0.1) is 0 Å². The van der Waals surface area contributed by atoms with Crippen LogP contribution in [0.3, 0.4) is 0 Å². The fourth-order valence-electron chi connectivity index (χ4n) is 3.15. The van der Waals surface area contributed by atoms with E-state index in [0.717, 1.165) is 0 Å². The number of hydrogen-bond acceptors (Lipinski definition) is 5. The third-order valence-corrected chi connectivity index (χ3v) is 5.26. The molecule has 0 saturated heterocycles. The molecule has 0 amide bonds. The second-order valence-corrected chi connectivity index (χ2v) is 7.87. The van der Waals surface area contributed by atoms with E-state index < -0.39 is 10.5 Å². The van der Waals surface area contributed by atoms with Gasteiger partial charge in [0.05, 0.1) is 0 Å². The molecule has 0 aliphatic carbocycles. The number of ketones is 1. The van der Waals surface area contributed by atoms with Gasteiger partial charge in [0.15, 0.2) is 5.78 Å². The molecule has 34 heavy (non-hydrogen) atoms. The van der Waals surface area contributed by atoms with E-state index in [9.17, 15) is 14.4 Å². The number of benzene rings is 4. The zero-order chi connectivity index (χ0) is 24.1. The Morgan fingerprint density at radius 3 is 1.21 bits per heavy atom. The number of carbonyl (C=O) groups is 3. The van der Waals surface area contributed by atoms with Crippen LogP contribution >= 0.6 is 23.2 Å². The highest BCUT2D eigenvalue weighted by Crippen LogP contribution is 2.26. The summed E-state index contributed by atoms with van der Waals surface area (Å²) in [6, 6.07) is 26.4. The molecule has 0 saturated carbocycles. The zero-order valence-corrected chi connectivity index (χ0v) is 19.0. The van der Waals surface area contributed by atoms with Gasteiger partial charge >= 0.3 is 0 Å². The van der Waals surface area contributed by atoms with Gasteiger partial charge in [-0.2, -0.15) is 0 Å².